The second-order valence-corrected chi connectivity index (χ2v) is 13.1. The molecule has 0 spiro atoms. The summed E-state index contributed by atoms with van der Waals surface area (Å²) < 4.78 is 6.41. The van der Waals surface area contributed by atoms with Crippen LogP contribution in [-0.2, 0) is 9.59 Å². The first-order valence-electron chi connectivity index (χ1n) is 14.1. The zero-order valence-electron chi connectivity index (χ0n) is 24.8. The summed E-state index contributed by atoms with van der Waals surface area (Å²) in [6.07, 6.45) is 1.57. The Balaban J connectivity index is 1.22. The van der Waals surface area contributed by atoms with Crippen LogP contribution < -0.4 is 20.7 Å². The van der Waals surface area contributed by atoms with E-state index in [1.54, 1.807) is 61.7 Å². The Morgan fingerprint density at radius 3 is 2.30 bits per heavy atom. The third kappa shape index (κ3) is 8.72. The molecule has 0 saturated heterocycles. The Morgan fingerprint density at radius 2 is 1.59 bits per heavy atom. The summed E-state index contributed by atoms with van der Waals surface area (Å²) in [5.41, 5.74) is 3.38. The van der Waals surface area contributed by atoms with Crippen molar-refractivity contribution >= 4 is 73.6 Å². The topological polar surface area (TPSA) is 109 Å². The maximum absolute atomic E-state index is 13.4. The number of para-hydroxylation sites is 1. The number of ether oxygens (including phenoxy) is 1. The second kappa shape index (κ2) is 15.5. The number of hydrogen-bond donors (Lipinski definition) is 3. The molecule has 5 rings (SSSR count). The van der Waals surface area contributed by atoms with Crippen molar-refractivity contribution in [3.63, 3.8) is 0 Å². The Bertz CT molecular complexity index is 1860. The van der Waals surface area contributed by atoms with Crippen LogP contribution in [0, 0.1) is 0 Å². The number of thiazole rings is 1. The highest BCUT2D eigenvalue weighted by atomic mass is 79.9. The fourth-order valence-electron chi connectivity index (χ4n) is 4.25. The summed E-state index contributed by atoms with van der Waals surface area (Å²) in [5, 5.41) is 10.5. The SMILES string of the molecule is COc1ccccc1/C=C(\NC(=O)c1ccccc1)C(=O)Nc1ccc(SC(C)C(=O)Nc2nc(-c3ccc(Br)cc3)cs2)cc1. The Morgan fingerprint density at radius 1 is 0.891 bits per heavy atom. The highest BCUT2D eigenvalue weighted by molar-refractivity contribution is 9.10. The van der Waals surface area contributed by atoms with Crippen molar-refractivity contribution in [1.29, 1.82) is 0 Å². The van der Waals surface area contributed by atoms with Gasteiger partial charge >= 0.3 is 0 Å². The maximum Gasteiger partial charge on any atom is 0.272 e. The smallest absolute Gasteiger partial charge is 0.272 e. The van der Waals surface area contributed by atoms with Crippen LogP contribution in [0.25, 0.3) is 17.3 Å². The van der Waals surface area contributed by atoms with Crippen molar-refractivity contribution in [2.24, 2.45) is 0 Å². The van der Waals surface area contributed by atoms with Gasteiger partial charge < -0.3 is 20.7 Å². The highest BCUT2D eigenvalue weighted by Crippen LogP contribution is 2.29. The van der Waals surface area contributed by atoms with Crippen LogP contribution in [0.2, 0.25) is 0 Å². The van der Waals surface area contributed by atoms with Crippen molar-refractivity contribution in [1.82, 2.24) is 10.3 Å². The summed E-state index contributed by atoms with van der Waals surface area (Å²) in [6.45, 7) is 1.82. The summed E-state index contributed by atoms with van der Waals surface area (Å²) in [6, 6.07) is 30.8. The van der Waals surface area contributed by atoms with E-state index in [1.807, 2.05) is 66.9 Å². The zero-order valence-corrected chi connectivity index (χ0v) is 28.0. The lowest BCUT2D eigenvalue weighted by Crippen LogP contribution is -2.30. The van der Waals surface area contributed by atoms with Crippen LogP contribution in [0.4, 0.5) is 10.8 Å². The van der Waals surface area contributed by atoms with Gasteiger partial charge in [0.25, 0.3) is 11.8 Å². The normalized spacial score (nSPS) is 11.8. The molecule has 0 aliphatic rings. The number of hydrogen-bond acceptors (Lipinski definition) is 7. The van der Waals surface area contributed by atoms with E-state index in [4.69, 9.17) is 4.74 Å². The molecule has 0 radical (unpaired) electrons. The number of carbonyl (C=O) groups excluding carboxylic acids is 3. The Hall–Kier alpha value is -4.71. The molecule has 4 aromatic carbocycles. The largest absolute Gasteiger partial charge is 0.496 e. The predicted molar refractivity (Wildman–Crippen MR) is 189 cm³/mol. The molecular weight excluding hydrogens is 684 g/mol. The van der Waals surface area contributed by atoms with Crippen molar-refractivity contribution in [3.05, 3.63) is 130 Å². The third-order valence-electron chi connectivity index (χ3n) is 6.64. The number of carbonyl (C=O) groups is 3. The summed E-state index contributed by atoms with van der Waals surface area (Å²) in [5.74, 6) is -0.534. The molecule has 3 N–H and O–H groups in total. The highest BCUT2D eigenvalue weighted by Gasteiger charge is 2.18. The number of rotatable bonds is 11. The number of methoxy groups -OCH3 is 1. The van der Waals surface area contributed by atoms with Crippen LogP contribution in [-0.4, -0.2) is 35.1 Å². The van der Waals surface area contributed by atoms with Gasteiger partial charge in [0, 0.05) is 37.1 Å². The van der Waals surface area contributed by atoms with Crippen LogP contribution in [0.1, 0.15) is 22.8 Å². The lowest BCUT2D eigenvalue weighted by Gasteiger charge is -2.13. The molecule has 0 bridgehead atoms. The van der Waals surface area contributed by atoms with E-state index in [0.29, 0.717) is 27.7 Å². The minimum atomic E-state index is -0.505. The van der Waals surface area contributed by atoms with Gasteiger partial charge in [0.1, 0.15) is 11.4 Å². The van der Waals surface area contributed by atoms with Gasteiger partial charge in [-0.3, -0.25) is 14.4 Å². The molecule has 1 aromatic heterocycles. The van der Waals surface area contributed by atoms with Gasteiger partial charge in [-0.25, -0.2) is 4.98 Å². The molecule has 3 amide bonds. The number of amides is 3. The fraction of sp³-hybridized carbons (Fsp3) is 0.0857. The third-order valence-corrected chi connectivity index (χ3v) is 9.03. The quantitative estimate of drug-likeness (QED) is 0.0943. The average molecular weight is 714 g/mol. The molecular formula is C35H29BrN4O4S2. The predicted octanol–water partition coefficient (Wildman–Crippen LogP) is 8.11. The molecule has 11 heteroatoms. The van der Waals surface area contributed by atoms with Crippen molar-refractivity contribution in [2.75, 3.05) is 17.7 Å². The monoisotopic (exact) mass is 712 g/mol. The Kier molecular flexibility index (Phi) is 11.0. The second-order valence-electron chi connectivity index (χ2n) is 9.89. The van der Waals surface area contributed by atoms with Crippen LogP contribution >= 0.6 is 39.0 Å². The van der Waals surface area contributed by atoms with E-state index < -0.39 is 17.1 Å². The van der Waals surface area contributed by atoms with Gasteiger partial charge in [0.15, 0.2) is 5.13 Å². The van der Waals surface area contributed by atoms with E-state index in [9.17, 15) is 14.4 Å². The van der Waals surface area contributed by atoms with Gasteiger partial charge in [0.2, 0.25) is 5.91 Å². The number of nitrogens with zero attached hydrogens (tertiary/aromatic N) is 1. The number of thioether (sulfide) groups is 1. The first-order chi connectivity index (χ1) is 22.3. The molecule has 1 heterocycles. The Labute approximate surface area is 283 Å². The number of anilines is 2. The van der Waals surface area contributed by atoms with E-state index in [0.717, 1.165) is 20.6 Å². The minimum absolute atomic E-state index is 0.0487. The van der Waals surface area contributed by atoms with Crippen molar-refractivity contribution in [3.8, 4) is 17.0 Å². The van der Waals surface area contributed by atoms with Gasteiger partial charge in [-0.05, 0) is 67.6 Å². The number of halogens is 1. The van der Waals surface area contributed by atoms with Crippen molar-refractivity contribution in [2.45, 2.75) is 17.1 Å². The van der Waals surface area contributed by atoms with Crippen LogP contribution in [0.5, 0.6) is 5.75 Å². The van der Waals surface area contributed by atoms with Crippen LogP contribution in [0.15, 0.2) is 124 Å². The average Bonchev–Trinajstić information content (AvgIpc) is 3.54. The zero-order chi connectivity index (χ0) is 32.5. The number of nitrogens with one attached hydrogen (secondary N) is 3. The summed E-state index contributed by atoms with van der Waals surface area (Å²) in [4.78, 5) is 44.7. The molecule has 5 aromatic rings. The molecule has 46 heavy (non-hydrogen) atoms. The van der Waals surface area contributed by atoms with Crippen LogP contribution in [0.3, 0.4) is 0 Å². The molecule has 0 aliphatic carbocycles. The fourth-order valence-corrected chi connectivity index (χ4v) is 6.10. The molecule has 0 saturated carbocycles. The molecule has 232 valence electrons. The molecule has 1 atom stereocenters. The standard InChI is InChI=1S/C35H29BrN4O4S2/c1-22(32(41)40-35-39-30(21-45-35)23-12-14-26(36)15-13-23)46-28-18-16-27(17-19-28)37-34(43)29(20-25-10-6-7-11-31(25)44-2)38-33(42)24-8-4-3-5-9-24/h3-22H,1-2H3,(H,37,43)(H,38,42)(H,39,40,41)/b29-20-. The van der Waals surface area contributed by atoms with Gasteiger partial charge in [0.05, 0.1) is 18.1 Å². The summed E-state index contributed by atoms with van der Waals surface area (Å²) in [7, 11) is 1.54. The molecule has 1 unspecified atom stereocenters. The van der Waals surface area contributed by atoms with E-state index in [-0.39, 0.29) is 11.6 Å². The first kappa shape index (κ1) is 32.7. The lowest BCUT2D eigenvalue weighted by atomic mass is 10.1. The number of benzene rings is 4. The van der Waals surface area contributed by atoms with Gasteiger partial charge in [-0.1, -0.05) is 64.5 Å². The van der Waals surface area contributed by atoms with E-state index >= 15 is 0 Å². The van der Waals surface area contributed by atoms with Gasteiger partial charge in [-0.2, -0.15) is 0 Å². The maximum atomic E-state index is 13.4. The van der Waals surface area contributed by atoms with E-state index in [2.05, 4.69) is 36.9 Å². The summed E-state index contributed by atoms with van der Waals surface area (Å²) >= 11 is 6.19. The van der Waals surface area contributed by atoms with E-state index in [1.165, 1.54) is 23.1 Å². The van der Waals surface area contributed by atoms with Crippen molar-refractivity contribution < 1.29 is 19.1 Å². The molecule has 0 fully saturated rings. The molecule has 8 nitrogen and oxygen atoms in total. The lowest BCUT2D eigenvalue weighted by molar-refractivity contribution is -0.115. The minimum Gasteiger partial charge on any atom is -0.496 e. The van der Waals surface area contributed by atoms with Gasteiger partial charge in [-0.15, -0.1) is 23.1 Å². The number of aromatic nitrogens is 1. The first-order valence-corrected chi connectivity index (χ1v) is 16.7. The molecule has 0 aliphatic heterocycles.